The maximum absolute atomic E-state index is 13.8. The van der Waals surface area contributed by atoms with Gasteiger partial charge in [0.05, 0.1) is 17.5 Å². The SMILES string of the molecule is CCS(=O)(=O)N[C@H](C(=O)N1C[C@H]2[C@@H]([C@H]1C(=O)N[C@H](C#N)C[C@@H]1Oc3ccc(F)cc3NC1=O)C2(C)C)C(C)(C)C. The van der Waals surface area contributed by atoms with Gasteiger partial charge in [0, 0.05) is 19.0 Å². The maximum Gasteiger partial charge on any atom is 0.265 e. The number of carbonyl (C=O) groups excluding carboxylic acids is 3. The summed E-state index contributed by atoms with van der Waals surface area (Å²) in [6.07, 6.45) is -1.28. The van der Waals surface area contributed by atoms with Gasteiger partial charge in [-0.15, -0.1) is 0 Å². The molecule has 3 amide bonds. The smallest absolute Gasteiger partial charge is 0.265 e. The highest BCUT2D eigenvalue weighted by atomic mass is 32.2. The molecule has 3 N–H and O–H groups in total. The number of hydrogen-bond acceptors (Lipinski definition) is 7. The maximum atomic E-state index is 13.8. The van der Waals surface area contributed by atoms with Crippen molar-refractivity contribution in [3.63, 3.8) is 0 Å². The van der Waals surface area contributed by atoms with Gasteiger partial charge in [0.15, 0.2) is 6.10 Å². The van der Waals surface area contributed by atoms with Crippen LogP contribution >= 0.6 is 0 Å². The Morgan fingerprint density at radius 2 is 2.00 bits per heavy atom. The number of nitriles is 1. The lowest BCUT2D eigenvalue weighted by Gasteiger charge is -2.37. The number of anilines is 1. The van der Waals surface area contributed by atoms with Gasteiger partial charge in [-0.25, -0.2) is 17.5 Å². The summed E-state index contributed by atoms with van der Waals surface area (Å²) in [6, 6.07) is 2.53. The number of sulfonamides is 1. The molecule has 0 unspecified atom stereocenters. The van der Waals surface area contributed by atoms with Gasteiger partial charge in [-0.3, -0.25) is 14.4 Å². The first-order valence-corrected chi connectivity index (χ1v) is 14.9. The van der Waals surface area contributed by atoms with Crippen LogP contribution in [0.5, 0.6) is 5.75 Å². The number of ether oxygens (including phenoxy) is 1. The Labute approximate surface area is 233 Å². The van der Waals surface area contributed by atoms with Crippen molar-refractivity contribution in [1.82, 2.24) is 14.9 Å². The third-order valence-electron chi connectivity index (χ3n) is 8.23. The molecule has 0 spiro atoms. The predicted octanol–water partition coefficient (Wildman–Crippen LogP) is 1.76. The van der Waals surface area contributed by atoms with Crippen molar-refractivity contribution in [3.8, 4) is 11.8 Å². The van der Waals surface area contributed by atoms with Crippen molar-refractivity contribution in [2.45, 2.75) is 72.2 Å². The Morgan fingerprint density at radius 3 is 2.60 bits per heavy atom. The first-order valence-electron chi connectivity index (χ1n) is 13.3. The molecule has 11 nitrogen and oxygen atoms in total. The Balaban J connectivity index is 1.52. The Morgan fingerprint density at radius 1 is 1.32 bits per heavy atom. The minimum Gasteiger partial charge on any atom is -0.478 e. The molecule has 1 aromatic carbocycles. The molecular weight excluding hydrogens is 541 g/mol. The molecule has 0 bridgehead atoms. The van der Waals surface area contributed by atoms with E-state index in [0.717, 1.165) is 6.07 Å². The lowest BCUT2D eigenvalue weighted by atomic mass is 9.86. The first kappa shape index (κ1) is 29.7. The Hall–Kier alpha value is -3.24. The second kappa shape index (κ2) is 10.3. The second-order valence-corrected chi connectivity index (χ2v) is 14.4. The highest BCUT2D eigenvalue weighted by molar-refractivity contribution is 7.89. The van der Waals surface area contributed by atoms with E-state index in [-0.39, 0.29) is 47.4 Å². The van der Waals surface area contributed by atoms with Crippen molar-refractivity contribution in [2.24, 2.45) is 22.7 Å². The molecule has 3 aliphatic rings. The van der Waals surface area contributed by atoms with E-state index in [2.05, 4.69) is 15.4 Å². The number of nitrogens with one attached hydrogen (secondary N) is 3. The predicted molar refractivity (Wildman–Crippen MR) is 144 cm³/mol. The average Bonchev–Trinajstić information content (AvgIpc) is 3.19. The lowest BCUT2D eigenvalue weighted by Crippen LogP contribution is -2.60. The fraction of sp³-hybridized carbons (Fsp3) is 0.630. The van der Waals surface area contributed by atoms with Crippen LogP contribution in [0.2, 0.25) is 0 Å². The van der Waals surface area contributed by atoms with Crippen LogP contribution < -0.4 is 20.1 Å². The fourth-order valence-corrected chi connectivity index (χ4v) is 6.71. The molecule has 2 aliphatic heterocycles. The van der Waals surface area contributed by atoms with E-state index in [1.807, 2.05) is 19.9 Å². The summed E-state index contributed by atoms with van der Waals surface area (Å²) >= 11 is 0. The zero-order valence-electron chi connectivity index (χ0n) is 23.4. The van der Waals surface area contributed by atoms with Crippen LogP contribution in [-0.2, 0) is 24.4 Å². The molecular formula is C27H36FN5O6S. The van der Waals surface area contributed by atoms with Gasteiger partial charge in [0.1, 0.15) is 29.7 Å². The summed E-state index contributed by atoms with van der Waals surface area (Å²) in [5, 5.41) is 15.0. The van der Waals surface area contributed by atoms with E-state index in [9.17, 15) is 32.5 Å². The number of fused-ring (bicyclic) bond motifs is 2. The van der Waals surface area contributed by atoms with Gasteiger partial charge < -0.3 is 20.3 Å². The summed E-state index contributed by atoms with van der Waals surface area (Å²) < 4.78 is 46.5. The van der Waals surface area contributed by atoms with Crippen molar-refractivity contribution in [3.05, 3.63) is 24.0 Å². The standard InChI is InChI=1S/C27H36FN5O6S/c1-7-40(37,38)32-22(26(2,3)4)25(36)33-13-16-20(27(16,5)6)21(33)24(35)30-15(12-29)11-19-23(34)31-17-10-14(28)8-9-18(17)39-19/h8-10,15-16,19-22,32H,7,11,13H2,1-6H3,(H,30,35)(H,31,34)/t15-,16-,19-,20-,21-,22+/m0/s1. The molecule has 1 aromatic rings. The highest BCUT2D eigenvalue weighted by Gasteiger charge is 2.69. The molecule has 4 rings (SSSR count). The van der Waals surface area contributed by atoms with Crippen LogP contribution in [0.4, 0.5) is 10.1 Å². The second-order valence-electron chi connectivity index (χ2n) is 12.4. The van der Waals surface area contributed by atoms with Crippen LogP contribution in [0.3, 0.4) is 0 Å². The molecule has 40 heavy (non-hydrogen) atoms. The molecule has 6 atom stereocenters. The number of likely N-dealkylation sites (tertiary alicyclic amines) is 1. The van der Waals surface area contributed by atoms with Crippen molar-refractivity contribution >= 4 is 33.4 Å². The monoisotopic (exact) mass is 577 g/mol. The van der Waals surface area contributed by atoms with Crippen LogP contribution in [0.25, 0.3) is 0 Å². The molecule has 2 fully saturated rings. The molecule has 1 saturated heterocycles. The van der Waals surface area contributed by atoms with E-state index >= 15 is 0 Å². The normalized spacial score (nSPS) is 26.4. The van der Waals surface area contributed by atoms with E-state index in [4.69, 9.17) is 4.74 Å². The fourth-order valence-electron chi connectivity index (χ4n) is 5.73. The van der Waals surface area contributed by atoms with E-state index in [1.54, 1.807) is 20.8 Å². The van der Waals surface area contributed by atoms with E-state index in [0.29, 0.717) is 0 Å². The molecule has 13 heteroatoms. The summed E-state index contributed by atoms with van der Waals surface area (Å²) in [5.74, 6) is -2.26. The number of amides is 3. The van der Waals surface area contributed by atoms with Gasteiger partial charge in [0.2, 0.25) is 21.8 Å². The van der Waals surface area contributed by atoms with Crippen LogP contribution in [0.1, 0.15) is 48.0 Å². The summed E-state index contributed by atoms with van der Waals surface area (Å²) in [5.41, 5.74) is -0.817. The number of piperidine rings is 1. The van der Waals surface area contributed by atoms with E-state index < -0.39 is 63.2 Å². The van der Waals surface area contributed by atoms with Crippen molar-refractivity contribution in [2.75, 3.05) is 17.6 Å². The van der Waals surface area contributed by atoms with Gasteiger partial charge in [-0.2, -0.15) is 5.26 Å². The third kappa shape index (κ3) is 5.65. The zero-order valence-corrected chi connectivity index (χ0v) is 24.3. The van der Waals surface area contributed by atoms with Gasteiger partial charge in [-0.05, 0) is 41.7 Å². The van der Waals surface area contributed by atoms with Gasteiger partial charge in [-0.1, -0.05) is 34.6 Å². The third-order valence-corrected chi connectivity index (χ3v) is 9.59. The first-order chi connectivity index (χ1) is 18.5. The summed E-state index contributed by atoms with van der Waals surface area (Å²) in [4.78, 5) is 41.4. The minimum absolute atomic E-state index is 0.0421. The topological polar surface area (TPSA) is 158 Å². The molecule has 2 heterocycles. The largest absolute Gasteiger partial charge is 0.478 e. The minimum atomic E-state index is -3.72. The zero-order chi connectivity index (χ0) is 29.8. The summed E-state index contributed by atoms with van der Waals surface area (Å²) in [6.45, 7) is 11.0. The van der Waals surface area contributed by atoms with Crippen molar-refractivity contribution in [1.29, 1.82) is 5.26 Å². The number of carbonyl (C=O) groups is 3. The number of rotatable bonds is 8. The quantitative estimate of drug-likeness (QED) is 0.425. The van der Waals surface area contributed by atoms with Crippen LogP contribution in [-0.4, -0.2) is 67.6 Å². The van der Waals surface area contributed by atoms with E-state index in [1.165, 1.54) is 24.0 Å². The Kier molecular flexibility index (Phi) is 7.66. The Bertz CT molecular complexity index is 1370. The van der Waals surface area contributed by atoms with Gasteiger partial charge >= 0.3 is 0 Å². The number of hydrogen-bond donors (Lipinski definition) is 3. The molecule has 1 aliphatic carbocycles. The molecule has 0 aromatic heterocycles. The highest BCUT2D eigenvalue weighted by Crippen LogP contribution is 2.65. The number of halogens is 1. The average molecular weight is 578 g/mol. The molecule has 218 valence electrons. The van der Waals surface area contributed by atoms with Crippen LogP contribution in [0.15, 0.2) is 18.2 Å². The number of benzene rings is 1. The van der Waals surface area contributed by atoms with Gasteiger partial charge in [0.25, 0.3) is 5.91 Å². The van der Waals surface area contributed by atoms with Crippen LogP contribution in [0, 0.1) is 39.8 Å². The lowest BCUT2D eigenvalue weighted by molar-refractivity contribution is -0.143. The molecule has 1 saturated carbocycles. The number of nitrogens with zero attached hydrogens (tertiary/aromatic N) is 2. The van der Waals surface area contributed by atoms with Crippen molar-refractivity contribution < 1.29 is 31.9 Å². The summed E-state index contributed by atoms with van der Waals surface area (Å²) in [7, 11) is -3.72. The molecule has 0 radical (unpaired) electrons.